The zero-order valence-corrected chi connectivity index (χ0v) is 9.63. The van der Waals surface area contributed by atoms with Crippen molar-refractivity contribution < 1.29 is 27.8 Å². The normalized spacial score (nSPS) is 23.1. The van der Waals surface area contributed by atoms with Crippen LogP contribution >= 0.6 is 11.6 Å². The van der Waals surface area contributed by atoms with Crippen LogP contribution in [0.4, 0.5) is 13.2 Å². The highest BCUT2D eigenvalue weighted by molar-refractivity contribution is 6.32. The summed E-state index contributed by atoms with van der Waals surface area (Å²) in [6.45, 7) is 0. The zero-order valence-electron chi connectivity index (χ0n) is 8.87. The fourth-order valence-corrected chi connectivity index (χ4v) is 2.15. The Kier molecular flexibility index (Phi) is 3.14. The SMILES string of the molecule is O=C(O)C1Cc2cccc(Cl)c2OC1C(F)(F)F. The van der Waals surface area contributed by atoms with Crippen LogP contribution in [-0.4, -0.2) is 23.4 Å². The van der Waals surface area contributed by atoms with Gasteiger partial charge >= 0.3 is 12.1 Å². The lowest BCUT2D eigenvalue weighted by Crippen LogP contribution is -2.47. The molecular weight excluding hydrogens is 273 g/mol. The fraction of sp³-hybridized carbons (Fsp3) is 0.364. The third-order valence-corrected chi connectivity index (χ3v) is 3.04. The number of ether oxygens (including phenoxy) is 1. The number of benzene rings is 1. The molecule has 1 aromatic rings. The highest BCUT2D eigenvalue weighted by atomic mass is 35.5. The first-order valence-electron chi connectivity index (χ1n) is 5.04. The first-order valence-corrected chi connectivity index (χ1v) is 5.42. The van der Waals surface area contributed by atoms with Crippen molar-refractivity contribution in [2.24, 2.45) is 5.92 Å². The van der Waals surface area contributed by atoms with Crippen molar-refractivity contribution in [3.8, 4) is 5.75 Å². The van der Waals surface area contributed by atoms with Crippen LogP contribution in [0.25, 0.3) is 0 Å². The summed E-state index contributed by atoms with van der Waals surface area (Å²) in [5.41, 5.74) is 0.371. The van der Waals surface area contributed by atoms with Crippen LogP contribution in [0.3, 0.4) is 0 Å². The summed E-state index contributed by atoms with van der Waals surface area (Å²) in [5, 5.41) is 8.90. The summed E-state index contributed by atoms with van der Waals surface area (Å²) < 4.78 is 43.0. The molecule has 2 rings (SSSR count). The molecule has 1 aliphatic heterocycles. The van der Waals surface area contributed by atoms with Crippen LogP contribution in [0.1, 0.15) is 5.56 Å². The topological polar surface area (TPSA) is 46.5 Å². The first kappa shape index (κ1) is 13.0. The minimum absolute atomic E-state index is 0.0468. The molecule has 1 aliphatic rings. The summed E-state index contributed by atoms with van der Waals surface area (Å²) in [6, 6.07) is 4.44. The molecule has 0 spiro atoms. The van der Waals surface area contributed by atoms with Crippen LogP contribution in [0.2, 0.25) is 5.02 Å². The zero-order chi connectivity index (χ0) is 13.5. The van der Waals surface area contributed by atoms with E-state index in [1.807, 2.05) is 0 Å². The van der Waals surface area contributed by atoms with Crippen molar-refractivity contribution in [1.82, 2.24) is 0 Å². The Morgan fingerprint density at radius 1 is 1.44 bits per heavy atom. The van der Waals surface area contributed by atoms with Gasteiger partial charge in [0.1, 0.15) is 11.7 Å². The van der Waals surface area contributed by atoms with Crippen molar-refractivity contribution in [1.29, 1.82) is 0 Å². The van der Waals surface area contributed by atoms with E-state index in [4.69, 9.17) is 21.4 Å². The average molecular weight is 281 g/mol. The van der Waals surface area contributed by atoms with Gasteiger partial charge in [0.2, 0.25) is 6.10 Å². The Morgan fingerprint density at radius 3 is 2.67 bits per heavy atom. The number of halogens is 4. The molecule has 0 aromatic heterocycles. The number of rotatable bonds is 1. The van der Waals surface area contributed by atoms with Crippen molar-refractivity contribution >= 4 is 17.6 Å². The molecule has 0 radical (unpaired) electrons. The van der Waals surface area contributed by atoms with Gasteiger partial charge in [0.25, 0.3) is 0 Å². The molecule has 0 fully saturated rings. The number of fused-ring (bicyclic) bond motifs is 1. The molecule has 0 aliphatic carbocycles. The molecule has 1 heterocycles. The summed E-state index contributed by atoms with van der Waals surface area (Å²) in [7, 11) is 0. The van der Waals surface area contributed by atoms with E-state index in [-0.39, 0.29) is 17.2 Å². The van der Waals surface area contributed by atoms with Gasteiger partial charge in [-0.1, -0.05) is 23.7 Å². The van der Waals surface area contributed by atoms with Gasteiger partial charge < -0.3 is 9.84 Å². The van der Waals surface area contributed by atoms with Gasteiger partial charge in [-0.15, -0.1) is 0 Å². The van der Waals surface area contributed by atoms with Crippen LogP contribution < -0.4 is 4.74 Å². The molecule has 18 heavy (non-hydrogen) atoms. The molecule has 98 valence electrons. The highest BCUT2D eigenvalue weighted by Crippen LogP contribution is 2.41. The Labute approximate surface area is 105 Å². The predicted octanol–water partition coefficient (Wildman–Crippen LogP) is 2.91. The molecule has 2 unspecified atom stereocenters. The maximum absolute atomic E-state index is 12.7. The van der Waals surface area contributed by atoms with Crippen LogP contribution in [0.5, 0.6) is 5.75 Å². The molecule has 1 N–H and O–H groups in total. The number of carbonyl (C=O) groups is 1. The lowest BCUT2D eigenvalue weighted by atomic mass is 9.90. The van der Waals surface area contributed by atoms with E-state index in [9.17, 15) is 18.0 Å². The number of para-hydroxylation sites is 1. The molecule has 0 bridgehead atoms. The summed E-state index contributed by atoms with van der Waals surface area (Å²) in [4.78, 5) is 10.9. The van der Waals surface area contributed by atoms with Crippen molar-refractivity contribution in [3.63, 3.8) is 0 Å². The first-order chi connectivity index (χ1) is 8.30. The average Bonchev–Trinajstić information content (AvgIpc) is 2.26. The third kappa shape index (κ3) is 2.25. The second kappa shape index (κ2) is 4.35. The number of carboxylic acids is 1. The van der Waals surface area contributed by atoms with E-state index >= 15 is 0 Å². The van der Waals surface area contributed by atoms with Gasteiger partial charge in [-0.25, -0.2) is 0 Å². The monoisotopic (exact) mass is 280 g/mol. The van der Waals surface area contributed by atoms with Crippen molar-refractivity contribution in [2.75, 3.05) is 0 Å². The summed E-state index contributed by atoms with van der Waals surface area (Å²) in [6.07, 6.45) is -7.38. The largest absolute Gasteiger partial charge is 0.481 e. The highest BCUT2D eigenvalue weighted by Gasteiger charge is 2.52. The number of alkyl halides is 3. The molecule has 7 heteroatoms. The van der Waals surface area contributed by atoms with Gasteiger partial charge in [-0.3, -0.25) is 4.79 Å². The lowest BCUT2D eigenvalue weighted by Gasteiger charge is -2.32. The second-order valence-corrected chi connectivity index (χ2v) is 4.36. The molecule has 0 saturated heterocycles. The van der Waals surface area contributed by atoms with Crippen molar-refractivity contribution in [3.05, 3.63) is 28.8 Å². The molecule has 3 nitrogen and oxygen atoms in total. The Bertz CT molecular complexity index is 487. The van der Waals surface area contributed by atoms with E-state index in [2.05, 4.69) is 0 Å². The molecule has 1 aromatic carbocycles. The Morgan fingerprint density at radius 2 is 2.11 bits per heavy atom. The third-order valence-electron chi connectivity index (χ3n) is 2.74. The van der Waals surface area contributed by atoms with Gasteiger partial charge in [-0.05, 0) is 18.1 Å². The standard InChI is InChI=1S/C11H8ClF3O3/c12-7-3-1-2-5-4-6(10(16)17)9(11(13,14)15)18-8(5)7/h1-3,6,9H,4H2,(H,16,17). The molecular formula is C11H8ClF3O3. The van der Waals surface area contributed by atoms with E-state index in [0.717, 1.165) is 0 Å². The van der Waals surface area contributed by atoms with Gasteiger partial charge in [-0.2, -0.15) is 13.2 Å². The predicted molar refractivity (Wildman–Crippen MR) is 56.8 cm³/mol. The van der Waals surface area contributed by atoms with Crippen molar-refractivity contribution in [2.45, 2.75) is 18.7 Å². The van der Waals surface area contributed by atoms with Gasteiger partial charge in [0.15, 0.2) is 0 Å². The number of aliphatic carboxylic acids is 1. The summed E-state index contributed by atoms with van der Waals surface area (Å²) >= 11 is 5.75. The number of carboxylic acid groups (broad SMARTS) is 1. The van der Waals surface area contributed by atoms with Crippen LogP contribution in [0.15, 0.2) is 18.2 Å². The number of hydrogen-bond donors (Lipinski definition) is 1. The van der Waals surface area contributed by atoms with Gasteiger partial charge in [0.05, 0.1) is 5.02 Å². The fourth-order valence-electron chi connectivity index (χ4n) is 1.91. The quantitative estimate of drug-likeness (QED) is 0.860. The lowest BCUT2D eigenvalue weighted by molar-refractivity contribution is -0.217. The van der Waals surface area contributed by atoms with E-state index < -0.39 is 24.2 Å². The number of hydrogen-bond acceptors (Lipinski definition) is 2. The van der Waals surface area contributed by atoms with E-state index in [0.29, 0.717) is 5.56 Å². The van der Waals surface area contributed by atoms with Crippen LogP contribution in [0, 0.1) is 5.92 Å². The van der Waals surface area contributed by atoms with E-state index in [1.165, 1.54) is 18.2 Å². The van der Waals surface area contributed by atoms with E-state index in [1.54, 1.807) is 0 Å². The minimum atomic E-state index is -4.75. The van der Waals surface area contributed by atoms with Crippen LogP contribution in [-0.2, 0) is 11.2 Å². The maximum atomic E-state index is 12.7. The minimum Gasteiger partial charge on any atom is -0.481 e. The maximum Gasteiger partial charge on any atom is 0.426 e. The smallest absolute Gasteiger partial charge is 0.426 e. The second-order valence-electron chi connectivity index (χ2n) is 3.96. The molecule has 0 saturated carbocycles. The Balaban J connectivity index is 2.44. The summed E-state index contributed by atoms with van der Waals surface area (Å²) in [5.74, 6) is -3.28. The molecule has 2 atom stereocenters. The molecule has 0 amide bonds. The van der Waals surface area contributed by atoms with Gasteiger partial charge in [0, 0.05) is 0 Å². The Hall–Kier alpha value is -1.43.